The first-order valence-electron chi connectivity index (χ1n) is 8.46. The van der Waals surface area contributed by atoms with E-state index in [2.05, 4.69) is 63.8 Å². The van der Waals surface area contributed by atoms with Crippen molar-refractivity contribution < 1.29 is 4.74 Å². The van der Waals surface area contributed by atoms with Crippen LogP contribution in [0.25, 0.3) is 0 Å². The molecule has 2 aliphatic heterocycles. The second-order valence-corrected chi connectivity index (χ2v) is 7.76. The summed E-state index contributed by atoms with van der Waals surface area (Å²) in [5.41, 5.74) is 1.41. The Kier molecular flexibility index (Phi) is 5.55. The molecule has 0 saturated carbocycles. The summed E-state index contributed by atoms with van der Waals surface area (Å²) >= 11 is 3.50. The van der Waals surface area contributed by atoms with E-state index in [1.54, 1.807) is 0 Å². The summed E-state index contributed by atoms with van der Waals surface area (Å²) in [5, 5.41) is 0. The van der Waals surface area contributed by atoms with Crippen LogP contribution in [0.2, 0.25) is 0 Å². The molecule has 22 heavy (non-hydrogen) atoms. The standard InChI is InChI=1S/C18H27BrN2O/c1-14-11-21(12-15(2)22-14)18-7-9-20(10-8-18)13-16-3-5-17(19)6-4-16/h3-6,14-15,18H,7-13H2,1-2H3. The molecule has 0 N–H and O–H groups in total. The monoisotopic (exact) mass is 366 g/mol. The molecule has 0 aliphatic carbocycles. The lowest BCUT2D eigenvalue weighted by molar-refractivity contribution is -0.0865. The van der Waals surface area contributed by atoms with Crippen LogP contribution in [0.5, 0.6) is 0 Å². The first-order chi connectivity index (χ1) is 10.6. The molecule has 2 aliphatic rings. The SMILES string of the molecule is CC1CN(C2CCN(Cc3ccc(Br)cc3)CC2)CC(C)O1. The van der Waals surface area contributed by atoms with Crippen molar-refractivity contribution in [3.63, 3.8) is 0 Å². The van der Waals surface area contributed by atoms with Crippen molar-refractivity contribution in [3.05, 3.63) is 34.3 Å². The fourth-order valence-electron chi connectivity index (χ4n) is 3.81. The van der Waals surface area contributed by atoms with E-state index in [4.69, 9.17) is 4.74 Å². The molecule has 0 amide bonds. The lowest BCUT2D eigenvalue weighted by atomic mass is 10.0. The maximum absolute atomic E-state index is 5.86. The van der Waals surface area contributed by atoms with Crippen LogP contribution < -0.4 is 0 Å². The first kappa shape index (κ1) is 16.4. The van der Waals surface area contributed by atoms with Gasteiger partial charge < -0.3 is 4.74 Å². The highest BCUT2D eigenvalue weighted by Gasteiger charge is 2.30. The summed E-state index contributed by atoms with van der Waals surface area (Å²) < 4.78 is 7.02. The number of nitrogens with zero attached hydrogens (tertiary/aromatic N) is 2. The van der Waals surface area contributed by atoms with Gasteiger partial charge in [0.05, 0.1) is 12.2 Å². The van der Waals surface area contributed by atoms with E-state index < -0.39 is 0 Å². The zero-order valence-corrected chi connectivity index (χ0v) is 15.3. The Hall–Kier alpha value is -0.420. The number of likely N-dealkylation sites (tertiary alicyclic amines) is 1. The number of ether oxygens (including phenoxy) is 1. The highest BCUT2D eigenvalue weighted by molar-refractivity contribution is 9.10. The predicted molar refractivity (Wildman–Crippen MR) is 94.0 cm³/mol. The minimum absolute atomic E-state index is 0.379. The molecule has 3 rings (SSSR count). The summed E-state index contributed by atoms with van der Waals surface area (Å²) in [4.78, 5) is 5.25. The van der Waals surface area contributed by atoms with Crippen molar-refractivity contribution in [3.8, 4) is 0 Å². The lowest BCUT2D eigenvalue weighted by Crippen LogP contribution is -2.53. The van der Waals surface area contributed by atoms with Gasteiger partial charge in [-0.1, -0.05) is 28.1 Å². The van der Waals surface area contributed by atoms with E-state index in [1.807, 2.05) is 0 Å². The Labute approximate surface area is 142 Å². The Morgan fingerprint density at radius 3 is 2.23 bits per heavy atom. The summed E-state index contributed by atoms with van der Waals surface area (Å²) in [6, 6.07) is 9.47. The number of rotatable bonds is 3. The highest BCUT2D eigenvalue weighted by Crippen LogP contribution is 2.22. The molecule has 3 nitrogen and oxygen atoms in total. The molecule has 0 bridgehead atoms. The third-order valence-electron chi connectivity index (χ3n) is 4.84. The molecule has 2 fully saturated rings. The Bertz CT molecular complexity index is 460. The van der Waals surface area contributed by atoms with Gasteiger partial charge >= 0.3 is 0 Å². The van der Waals surface area contributed by atoms with Crippen molar-refractivity contribution in [1.82, 2.24) is 9.80 Å². The number of piperidine rings is 1. The van der Waals surface area contributed by atoms with Gasteiger partial charge in [-0.25, -0.2) is 0 Å². The van der Waals surface area contributed by atoms with Crippen LogP contribution in [-0.2, 0) is 11.3 Å². The van der Waals surface area contributed by atoms with E-state index in [0.29, 0.717) is 12.2 Å². The number of halogens is 1. The normalized spacial score (nSPS) is 28.9. The molecule has 0 spiro atoms. The van der Waals surface area contributed by atoms with Gasteiger partial charge in [-0.2, -0.15) is 0 Å². The first-order valence-corrected chi connectivity index (χ1v) is 9.26. The summed E-state index contributed by atoms with van der Waals surface area (Å²) in [6.07, 6.45) is 3.33. The van der Waals surface area contributed by atoms with Gasteiger partial charge in [0.25, 0.3) is 0 Å². The van der Waals surface area contributed by atoms with Crippen LogP contribution in [0.1, 0.15) is 32.3 Å². The maximum atomic E-state index is 5.86. The molecule has 2 heterocycles. The van der Waals surface area contributed by atoms with Crippen molar-refractivity contribution in [2.45, 2.75) is 51.5 Å². The van der Waals surface area contributed by atoms with Crippen LogP contribution >= 0.6 is 15.9 Å². The fourth-order valence-corrected chi connectivity index (χ4v) is 4.07. The highest BCUT2D eigenvalue weighted by atomic mass is 79.9. The van der Waals surface area contributed by atoms with Gasteiger partial charge in [-0.3, -0.25) is 9.80 Å². The van der Waals surface area contributed by atoms with Crippen molar-refractivity contribution >= 4 is 15.9 Å². The molecule has 122 valence electrons. The van der Waals surface area contributed by atoms with Gasteiger partial charge in [0.2, 0.25) is 0 Å². The summed E-state index contributed by atoms with van der Waals surface area (Å²) in [7, 11) is 0. The lowest BCUT2D eigenvalue weighted by Gasteiger charge is -2.43. The fraction of sp³-hybridized carbons (Fsp3) is 0.667. The molecule has 1 aromatic carbocycles. The molecule has 4 heteroatoms. The predicted octanol–water partition coefficient (Wildman–Crippen LogP) is 3.52. The average molecular weight is 367 g/mol. The molecule has 2 atom stereocenters. The number of hydrogen-bond donors (Lipinski definition) is 0. The van der Waals surface area contributed by atoms with Gasteiger partial charge in [0.1, 0.15) is 0 Å². The maximum Gasteiger partial charge on any atom is 0.0678 e. The molecular weight excluding hydrogens is 340 g/mol. The smallest absolute Gasteiger partial charge is 0.0678 e. The third-order valence-corrected chi connectivity index (χ3v) is 5.37. The van der Waals surface area contributed by atoms with E-state index in [0.717, 1.165) is 30.1 Å². The van der Waals surface area contributed by atoms with Gasteiger partial charge in [-0.15, -0.1) is 0 Å². The molecule has 0 aromatic heterocycles. The Morgan fingerprint density at radius 2 is 1.64 bits per heavy atom. The second-order valence-electron chi connectivity index (χ2n) is 6.85. The van der Waals surface area contributed by atoms with Gasteiger partial charge in [0.15, 0.2) is 0 Å². The largest absolute Gasteiger partial charge is 0.373 e. The van der Waals surface area contributed by atoms with E-state index in [1.165, 1.54) is 31.5 Å². The van der Waals surface area contributed by atoms with Gasteiger partial charge in [0, 0.05) is 30.1 Å². The zero-order valence-electron chi connectivity index (χ0n) is 13.7. The molecule has 2 unspecified atom stereocenters. The van der Waals surface area contributed by atoms with Crippen LogP contribution in [0.3, 0.4) is 0 Å². The minimum Gasteiger partial charge on any atom is -0.373 e. The molecular formula is C18H27BrN2O. The second kappa shape index (κ2) is 7.43. The number of benzene rings is 1. The minimum atomic E-state index is 0.379. The van der Waals surface area contributed by atoms with Crippen LogP contribution in [0, 0.1) is 0 Å². The molecule has 1 aromatic rings. The Balaban J connectivity index is 1.48. The van der Waals surface area contributed by atoms with Crippen molar-refractivity contribution in [2.24, 2.45) is 0 Å². The quantitative estimate of drug-likeness (QED) is 0.813. The molecule has 2 saturated heterocycles. The zero-order chi connectivity index (χ0) is 15.5. The van der Waals surface area contributed by atoms with Crippen LogP contribution in [0.4, 0.5) is 0 Å². The number of morpholine rings is 1. The topological polar surface area (TPSA) is 15.7 Å². The Morgan fingerprint density at radius 1 is 1.05 bits per heavy atom. The summed E-state index contributed by atoms with van der Waals surface area (Å²) in [5.74, 6) is 0. The summed E-state index contributed by atoms with van der Waals surface area (Å²) in [6.45, 7) is 10.1. The van der Waals surface area contributed by atoms with Crippen molar-refractivity contribution in [2.75, 3.05) is 26.2 Å². The van der Waals surface area contributed by atoms with Crippen molar-refractivity contribution in [1.29, 1.82) is 0 Å². The van der Waals surface area contributed by atoms with E-state index in [-0.39, 0.29) is 0 Å². The van der Waals surface area contributed by atoms with Gasteiger partial charge in [-0.05, 0) is 57.5 Å². The van der Waals surface area contributed by atoms with Crippen LogP contribution in [-0.4, -0.2) is 54.2 Å². The average Bonchev–Trinajstić information content (AvgIpc) is 2.49. The van der Waals surface area contributed by atoms with Crippen LogP contribution in [0.15, 0.2) is 28.7 Å². The third kappa shape index (κ3) is 4.31. The molecule has 0 radical (unpaired) electrons. The number of hydrogen-bond acceptors (Lipinski definition) is 3. The van der Waals surface area contributed by atoms with E-state index >= 15 is 0 Å². The van der Waals surface area contributed by atoms with E-state index in [9.17, 15) is 0 Å².